The molecule has 0 saturated carbocycles. The Morgan fingerprint density at radius 3 is 2.78 bits per heavy atom. The van der Waals surface area contributed by atoms with E-state index in [0.717, 1.165) is 19.5 Å². The van der Waals surface area contributed by atoms with Crippen molar-refractivity contribution < 1.29 is 9.53 Å². The zero-order valence-corrected chi connectivity index (χ0v) is 12.7. The molecular formula is C11H25Cl2N3O2. The molecular weight excluding hydrogens is 277 g/mol. The van der Waals surface area contributed by atoms with Crippen molar-refractivity contribution in [1.82, 2.24) is 10.2 Å². The average molecular weight is 302 g/mol. The summed E-state index contributed by atoms with van der Waals surface area (Å²) in [6, 6.07) is 0.125. The van der Waals surface area contributed by atoms with Gasteiger partial charge in [-0.1, -0.05) is 6.92 Å². The minimum atomic E-state index is -0.318. The fraction of sp³-hybridized carbons (Fsp3) is 0.909. The van der Waals surface area contributed by atoms with Crippen LogP contribution in [-0.4, -0.2) is 55.7 Å². The van der Waals surface area contributed by atoms with Crippen LogP contribution in [0.3, 0.4) is 0 Å². The maximum Gasteiger partial charge on any atom is 0.250 e. The minimum absolute atomic E-state index is 0. The first-order valence-corrected chi connectivity index (χ1v) is 6.00. The van der Waals surface area contributed by atoms with Gasteiger partial charge in [-0.3, -0.25) is 9.69 Å². The van der Waals surface area contributed by atoms with Crippen molar-refractivity contribution in [2.75, 3.05) is 32.8 Å². The van der Waals surface area contributed by atoms with E-state index < -0.39 is 0 Å². The van der Waals surface area contributed by atoms with Crippen molar-refractivity contribution in [3.8, 4) is 0 Å². The predicted molar refractivity (Wildman–Crippen MR) is 77.6 cm³/mol. The summed E-state index contributed by atoms with van der Waals surface area (Å²) in [6.07, 6.45) is 0.484. The standard InChI is InChI=1S/C11H23N3O2.2ClH/c1-3-14-6-7-16-10(8-14)11(15)13-5-4-9(2)12;;/h9-10H,3-8,12H2,1-2H3,(H,13,15);2*1H. The molecule has 1 heterocycles. The van der Waals surface area contributed by atoms with Crippen LogP contribution >= 0.6 is 24.8 Å². The molecule has 0 bridgehead atoms. The quantitative estimate of drug-likeness (QED) is 0.772. The second-order valence-corrected chi connectivity index (χ2v) is 4.31. The van der Waals surface area contributed by atoms with Crippen LogP contribution in [-0.2, 0) is 9.53 Å². The van der Waals surface area contributed by atoms with E-state index >= 15 is 0 Å². The highest BCUT2D eigenvalue weighted by Crippen LogP contribution is 2.04. The molecule has 0 radical (unpaired) electrons. The Kier molecular flexibility index (Phi) is 12.2. The SMILES string of the molecule is CCN1CCOC(C(=O)NCCC(C)N)C1.Cl.Cl. The Morgan fingerprint density at radius 2 is 2.22 bits per heavy atom. The number of morpholine rings is 1. The number of ether oxygens (including phenoxy) is 1. The lowest BCUT2D eigenvalue weighted by molar-refractivity contribution is -0.138. The fourth-order valence-corrected chi connectivity index (χ4v) is 1.69. The highest BCUT2D eigenvalue weighted by atomic mass is 35.5. The van der Waals surface area contributed by atoms with Crippen LogP contribution in [0.15, 0.2) is 0 Å². The molecule has 0 aromatic heterocycles. The van der Waals surface area contributed by atoms with Gasteiger partial charge in [0, 0.05) is 25.7 Å². The van der Waals surface area contributed by atoms with Crippen molar-refractivity contribution in [2.24, 2.45) is 5.73 Å². The number of nitrogens with zero attached hydrogens (tertiary/aromatic N) is 1. The number of nitrogens with two attached hydrogens (primary N) is 1. The van der Waals surface area contributed by atoms with Crippen LogP contribution < -0.4 is 11.1 Å². The van der Waals surface area contributed by atoms with Gasteiger partial charge in [-0.15, -0.1) is 24.8 Å². The Morgan fingerprint density at radius 1 is 1.56 bits per heavy atom. The molecule has 1 aliphatic rings. The summed E-state index contributed by atoms with van der Waals surface area (Å²) >= 11 is 0. The minimum Gasteiger partial charge on any atom is -0.366 e. The lowest BCUT2D eigenvalue weighted by atomic mass is 10.2. The topological polar surface area (TPSA) is 67.6 Å². The molecule has 2 atom stereocenters. The summed E-state index contributed by atoms with van der Waals surface area (Å²) in [7, 11) is 0. The Hall–Kier alpha value is -0.0700. The van der Waals surface area contributed by atoms with Crippen molar-refractivity contribution in [3.05, 3.63) is 0 Å². The molecule has 1 amide bonds. The van der Waals surface area contributed by atoms with Gasteiger partial charge >= 0.3 is 0 Å². The molecule has 1 saturated heterocycles. The Balaban J connectivity index is 0. The maximum absolute atomic E-state index is 11.7. The third kappa shape index (κ3) is 7.38. The number of halogens is 2. The molecule has 0 aromatic rings. The van der Waals surface area contributed by atoms with Gasteiger partial charge in [0.15, 0.2) is 0 Å². The van der Waals surface area contributed by atoms with Crippen molar-refractivity contribution >= 4 is 30.7 Å². The number of amides is 1. The predicted octanol–water partition coefficient (Wildman–Crippen LogP) is 0.404. The van der Waals surface area contributed by atoms with Gasteiger partial charge in [0.2, 0.25) is 5.91 Å². The van der Waals surface area contributed by atoms with E-state index in [2.05, 4.69) is 17.1 Å². The van der Waals surface area contributed by atoms with E-state index in [1.165, 1.54) is 0 Å². The molecule has 0 aliphatic carbocycles. The lowest BCUT2D eigenvalue weighted by Crippen LogP contribution is -2.50. The Bertz CT molecular complexity index is 230. The van der Waals surface area contributed by atoms with Crippen LogP contribution in [0.4, 0.5) is 0 Å². The zero-order valence-electron chi connectivity index (χ0n) is 11.1. The monoisotopic (exact) mass is 301 g/mol. The molecule has 18 heavy (non-hydrogen) atoms. The van der Waals surface area contributed by atoms with E-state index in [9.17, 15) is 4.79 Å². The van der Waals surface area contributed by atoms with Gasteiger partial charge in [0.25, 0.3) is 0 Å². The summed E-state index contributed by atoms with van der Waals surface area (Å²) in [5.41, 5.74) is 5.61. The van der Waals surface area contributed by atoms with Gasteiger partial charge in [-0.05, 0) is 19.9 Å². The third-order valence-corrected chi connectivity index (χ3v) is 2.79. The van der Waals surface area contributed by atoms with E-state index in [0.29, 0.717) is 19.7 Å². The molecule has 0 spiro atoms. The largest absolute Gasteiger partial charge is 0.366 e. The molecule has 1 fully saturated rings. The fourth-order valence-electron chi connectivity index (χ4n) is 1.69. The number of likely N-dealkylation sites (N-methyl/N-ethyl adjacent to an activating group) is 1. The number of carbonyl (C=O) groups is 1. The summed E-state index contributed by atoms with van der Waals surface area (Å²) in [6.45, 7) is 7.87. The van der Waals surface area contributed by atoms with Gasteiger partial charge in [0.05, 0.1) is 6.61 Å². The number of nitrogens with one attached hydrogen (secondary N) is 1. The highest BCUT2D eigenvalue weighted by Gasteiger charge is 2.25. The summed E-state index contributed by atoms with van der Waals surface area (Å²) in [4.78, 5) is 14.0. The first-order valence-electron chi connectivity index (χ1n) is 6.00. The summed E-state index contributed by atoms with van der Waals surface area (Å²) < 4.78 is 5.44. The van der Waals surface area contributed by atoms with Crippen molar-refractivity contribution in [3.63, 3.8) is 0 Å². The first-order chi connectivity index (χ1) is 7.63. The Labute approximate surface area is 122 Å². The van der Waals surface area contributed by atoms with Gasteiger partial charge in [0.1, 0.15) is 6.10 Å². The lowest BCUT2D eigenvalue weighted by Gasteiger charge is -2.31. The van der Waals surface area contributed by atoms with E-state index in [1.54, 1.807) is 0 Å². The smallest absolute Gasteiger partial charge is 0.250 e. The first kappa shape index (κ1) is 20.3. The third-order valence-electron chi connectivity index (χ3n) is 2.79. The molecule has 110 valence electrons. The normalized spacial score (nSPS) is 21.4. The number of carbonyl (C=O) groups excluding carboxylic acids is 1. The van der Waals surface area contributed by atoms with Crippen molar-refractivity contribution in [2.45, 2.75) is 32.4 Å². The number of rotatable bonds is 5. The number of hydrogen-bond acceptors (Lipinski definition) is 4. The summed E-state index contributed by atoms with van der Waals surface area (Å²) in [5, 5.41) is 2.86. The molecule has 0 aromatic carbocycles. The molecule has 3 N–H and O–H groups in total. The van der Waals surface area contributed by atoms with Gasteiger partial charge in [-0.2, -0.15) is 0 Å². The maximum atomic E-state index is 11.7. The van der Waals surface area contributed by atoms with Crippen LogP contribution in [0.2, 0.25) is 0 Å². The van der Waals surface area contributed by atoms with Crippen molar-refractivity contribution in [1.29, 1.82) is 0 Å². The van der Waals surface area contributed by atoms with E-state index in [4.69, 9.17) is 10.5 Å². The second-order valence-electron chi connectivity index (χ2n) is 4.31. The van der Waals surface area contributed by atoms with Crippen LogP contribution in [0.5, 0.6) is 0 Å². The molecule has 7 heteroatoms. The average Bonchev–Trinajstić information content (AvgIpc) is 2.28. The van der Waals surface area contributed by atoms with Crippen LogP contribution in [0, 0.1) is 0 Å². The summed E-state index contributed by atoms with van der Waals surface area (Å²) in [5.74, 6) is -0.0150. The second kappa shape index (κ2) is 10.8. The van der Waals surface area contributed by atoms with E-state index in [-0.39, 0.29) is 42.9 Å². The van der Waals surface area contributed by atoms with Crippen LogP contribution in [0.25, 0.3) is 0 Å². The molecule has 5 nitrogen and oxygen atoms in total. The van der Waals surface area contributed by atoms with E-state index in [1.807, 2.05) is 6.92 Å². The highest BCUT2D eigenvalue weighted by molar-refractivity contribution is 5.85. The zero-order chi connectivity index (χ0) is 12.0. The molecule has 1 rings (SSSR count). The van der Waals surface area contributed by atoms with Gasteiger partial charge in [-0.25, -0.2) is 0 Å². The van der Waals surface area contributed by atoms with Crippen LogP contribution in [0.1, 0.15) is 20.3 Å². The van der Waals surface area contributed by atoms with Gasteiger partial charge < -0.3 is 15.8 Å². The molecule has 1 aliphatic heterocycles. The molecule has 2 unspecified atom stereocenters. The number of hydrogen-bond donors (Lipinski definition) is 2.